The molecule has 3 heterocycles. The Morgan fingerprint density at radius 3 is 2.94 bits per heavy atom. The van der Waals surface area contributed by atoms with Crippen LogP contribution >= 0.6 is 22.7 Å². The molecule has 2 aromatic heterocycles. The van der Waals surface area contributed by atoms with Crippen LogP contribution in [0.2, 0.25) is 0 Å². The number of rotatable bonds is 7. The van der Waals surface area contributed by atoms with Gasteiger partial charge in [0, 0.05) is 29.5 Å². The van der Waals surface area contributed by atoms with E-state index in [2.05, 4.69) is 4.57 Å². The van der Waals surface area contributed by atoms with Crippen molar-refractivity contribution < 1.29 is 31.7 Å². The predicted octanol–water partition coefficient (Wildman–Crippen LogP) is 4.59. The lowest BCUT2D eigenvalue weighted by Gasteiger charge is -2.02. The van der Waals surface area contributed by atoms with E-state index >= 15 is 0 Å². The van der Waals surface area contributed by atoms with Crippen LogP contribution < -0.4 is 18.8 Å². The number of thiophene rings is 1. The van der Waals surface area contributed by atoms with Gasteiger partial charge in [0.15, 0.2) is 18.0 Å². The first-order chi connectivity index (χ1) is 15.4. The van der Waals surface area contributed by atoms with E-state index in [0.717, 1.165) is 42.4 Å². The molecule has 0 radical (unpaired) electrons. The third kappa shape index (κ3) is 3.95. The van der Waals surface area contributed by atoms with Crippen LogP contribution in [0.3, 0.4) is 0 Å². The average Bonchev–Trinajstić information content (AvgIpc) is 3.48. The third-order valence-corrected chi connectivity index (χ3v) is 8.05. The van der Waals surface area contributed by atoms with Gasteiger partial charge in [0.1, 0.15) is 15.1 Å². The van der Waals surface area contributed by atoms with Crippen molar-refractivity contribution in [1.29, 1.82) is 0 Å². The summed E-state index contributed by atoms with van der Waals surface area (Å²) in [6.45, 7) is 0.653. The summed E-state index contributed by atoms with van der Waals surface area (Å²) in [6, 6.07) is 9.79. The minimum absolute atomic E-state index is 0.203. The van der Waals surface area contributed by atoms with Gasteiger partial charge in [-0.2, -0.15) is 13.0 Å². The van der Waals surface area contributed by atoms with Crippen molar-refractivity contribution in [3.05, 3.63) is 46.3 Å². The van der Waals surface area contributed by atoms with Gasteiger partial charge in [-0.05, 0) is 23.6 Å². The number of hydrogen-bond donors (Lipinski definition) is 1. The van der Waals surface area contributed by atoms with Gasteiger partial charge in [-0.25, -0.2) is 0 Å². The van der Waals surface area contributed by atoms with Gasteiger partial charge in [0.05, 0.1) is 12.9 Å². The summed E-state index contributed by atoms with van der Waals surface area (Å²) < 4.78 is 52.6. The largest absolute Gasteiger partial charge is 0.496 e. The normalized spacial score (nSPS) is 13.6. The van der Waals surface area contributed by atoms with E-state index in [1.54, 1.807) is 29.8 Å². The Kier molecular flexibility index (Phi) is 5.54. The number of aromatic nitrogens is 1. The van der Waals surface area contributed by atoms with Crippen molar-refractivity contribution in [2.45, 2.75) is 13.0 Å². The Bertz CT molecular complexity index is 1450. The monoisotopic (exact) mass is 490 g/mol. The highest BCUT2D eigenvalue weighted by Crippen LogP contribution is 2.39. The quantitative estimate of drug-likeness (QED) is 0.301. The molecule has 1 N–H and O–H groups in total. The second-order valence-corrected chi connectivity index (χ2v) is 10.8. The van der Waals surface area contributed by atoms with E-state index in [0.29, 0.717) is 18.7 Å². The fourth-order valence-corrected chi connectivity index (χ4v) is 6.50. The lowest BCUT2D eigenvalue weighted by molar-refractivity contribution is -0.667. The van der Waals surface area contributed by atoms with Crippen molar-refractivity contribution in [1.82, 2.24) is 0 Å². The van der Waals surface area contributed by atoms with Crippen LogP contribution in [0.1, 0.15) is 17.0 Å². The number of nitrogens with zero attached hydrogens (tertiary/aromatic N) is 1. The highest BCUT2D eigenvalue weighted by molar-refractivity contribution is 7.85. The minimum Gasteiger partial charge on any atom is -0.496 e. The number of fused-ring (bicyclic) bond motifs is 4. The molecular formula is C22H20NO6S3+. The summed E-state index contributed by atoms with van der Waals surface area (Å²) in [7, 11) is -2.37. The van der Waals surface area contributed by atoms with Crippen LogP contribution in [0, 0.1) is 0 Å². The molecule has 4 aromatic rings. The van der Waals surface area contributed by atoms with Crippen LogP contribution in [-0.2, 0) is 16.7 Å². The highest BCUT2D eigenvalue weighted by Gasteiger charge is 2.25. The van der Waals surface area contributed by atoms with E-state index in [9.17, 15) is 13.0 Å². The summed E-state index contributed by atoms with van der Waals surface area (Å²) in [5.74, 6) is 1.95. The Morgan fingerprint density at radius 1 is 1.25 bits per heavy atom. The van der Waals surface area contributed by atoms with Gasteiger partial charge >= 0.3 is 0 Å². The Balaban J connectivity index is 1.62. The molecule has 0 saturated carbocycles. The molecule has 0 amide bonds. The molecule has 0 atom stereocenters. The molecule has 0 unspecified atom stereocenters. The molecule has 32 heavy (non-hydrogen) atoms. The summed E-state index contributed by atoms with van der Waals surface area (Å²) in [6.07, 6.45) is 4.27. The Labute approximate surface area is 192 Å². The molecule has 1 aliphatic rings. The summed E-state index contributed by atoms with van der Waals surface area (Å²) in [4.78, 5) is 0. The molecular weight excluding hydrogens is 470 g/mol. The number of thiazole rings is 1. The number of aryl methyl sites for hydroxylation is 1. The average molecular weight is 491 g/mol. The molecule has 1 aliphatic heterocycles. The van der Waals surface area contributed by atoms with E-state index in [4.69, 9.17) is 14.2 Å². The zero-order chi connectivity index (χ0) is 22.3. The summed E-state index contributed by atoms with van der Waals surface area (Å²) in [5, 5.41) is 4.00. The van der Waals surface area contributed by atoms with Crippen LogP contribution in [-0.4, -0.2) is 32.6 Å². The summed E-state index contributed by atoms with van der Waals surface area (Å²) >= 11 is 3.22. The first-order valence-corrected chi connectivity index (χ1v) is 13.2. The molecule has 0 fully saturated rings. The second-order valence-electron chi connectivity index (χ2n) is 7.23. The zero-order valence-electron chi connectivity index (χ0n) is 17.1. The van der Waals surface area contributed by atoms with E-state index in [1.165, 1.54) is 0 Å². The first kappa shape index (κ1) is 21.2. The fourth-order valence-electron chi connectivity index (χ4n) is 3.84. The van der Waals surface area contributed by atoms with Crippen LogP contribution in [0.15, 0.2) is 35.7 Å². The van der Waals surface area contributed by atoms with Crippen molar-refractivity contribution >= 4 is 65.2 Å². The Morgan fingerprint density at radius 2 is 2.12 bits per heavy atom. The summed E-state index contributed by atoms with van der Waals surface area (Å²) in [5.41, 5.74) is 1.94. The SMILES string of the molecule is COc1cc2sc(/C=C/c3cccc4c3OCO4)[n+](CCCS(=O)(=O)O)c2c2sccc12. The van der Waals surface area contributed by atoms with E-state index in [1.807, 2.05) is 47.9 Å². The van der Waals surface area contributed by atoms with Crippen molar-refractivity contribution in [3.63, 3.8) is 0 Å². The third-order valence-electron chi connectivity index (χ3n) is 5.23. The number of methoxy groups -OCH3 is 1. The first-order valence-electron chi connectivity index (χ1n) is 9.87. The molecule has 5 rings (SSSR count). The highest BCUT2D eigenvalue weighted by atomic mass is 32.2. The minimum atomic E-state index is -4.02. The maximum Gasteiger partial charge on any atom is 0.265 e. The van der Waals surface area contributed by atoms with E-state index < -0.39 is 10.1 Å². The van der Waals surface area contributed by atoms with Crippen molar-refractivity contribution in [3.8, 4) is 17.2 Å². The van der Waals surface area contributed by atoms with Crippen molar-refractivity contribution in [2.24, 2.45) is 0 Å². The van der Waals surface area contributed by atoms with Crippen LogP contribution in [0.25, 0.3) is 32.5 Å². The van der Waals surface area contributed by atoms with Gasteiger partial charge < -0.3 is 14.2 Å². The number of ether oxygens (including phenoxy) is 3. The molecule has 7 nitrogen and oxygen atoms in total. The van der Waals surface area contributed by atoms with Gasteiger partial charge in [0.25, 0.3) is 15.1 Å². The van der Waals surface area contributed by atoms with Crippen LogP contribution in [0.5, 0.6) is 17.2 Å². The van der Waals surface area contributed by atoms with E-state index in [-0.39, 0.29) is 12.5 Å². The molecule has 0 saturated heterocycles. The predicted molar refractivity (Wildman–Crippen MR) is 126 cm³/mol. The lowest BCUT2D eigenvalue weighted by Crippen LogP contribution is -2.36. The standard InChI is InChI=1S/C22H19NO6S3/c1-27-17-12-18-20(22-15(17)8-10-30-22)23(9-3-11-32(24,25)26)19(31-18)7-6-14-4-2-5-16-21(14)29-13-28-16/h2,4-8,10,12H,3,9,11,13H2,1H3/p+1/b7-6+. The van der Waals surface area contributed by atoms with Crippen molar-refractivity contribution in [2.75, 3.05) is 19.7 Å². The topological polar surface area (TPSA) is 85.9 Å². The molecule has 166 valence electrons. The zero-order valence-corrected chi connectivity index (χ0v) is 19.6. The maximum absolute atomic E-state index is 11.3. The van der Waals surface area contributed by atoms with Gasteiger partial charge in [0.2, 0.25) is 12.3 Å². The molecule has 2 aromatic carbocycles. The van der Waals surface area contributed by atoms with Gasteiger partial charge in [-0.1, -0.05) is 23.5 Å². The molecule has 10 heteroatoms. The lowest BCUT2D eigenvalue weighted by atomic mass is 10.1. The number of para-hydroxylation sites is 1. The fraction of sp³-hybridized carbons (Fsp3) is 0.227. The second kappa shape index (κ2) is 8.36. The Hall–Kier alpha value is -2.66. The molecule has 0 spiro atoms. The molecule has 0 bridgehead atoms. The molecule has 0 aliphatic carbocycles. The van der Waals surface area contributed by atoms with Crippen LogP contribution in [0.4, 0.5) is 0 Å². The number of benzene rings is 2. The maximum atomic E-state index is 11.3. The van der Waals surface area contributed by atoms with Gasteiger partial charge in [-0.15, -0.1) is 11.3 Å². The smallest absolute Gasteiger partial charge is 0.265 e. The number of hydrogen-bond acceptors (Lipinski definition) is 7. The van der Waals surface area contributed by atoms with Gasteiger partial charge in [-0.3, -0.25) is 4.55 Å².